The predicted octanol–water partition coefficient (Wildman–Crippen LogP) is 2.71. The van der Waals surface area contributed by atoms with Crippen molar-refractivity contribution in [1.29, 1.82) is 0 Å². The topological polar surface area (TPSA) is 55.7 Å². The van der Waals surface area contributed by atoms with Crippen molar-refractivity contribution in [2.75, 3.05) is 6.61 Å². The van der Waals surface area contributed by atoms with E-state index in [1.165, 1.54) is 23.5 Å². The van der Waals surface area contributed by atoms with Gasteiger partial charge in [-0.25, -0.2) is 0 Å². The second-order valence-corrected chi connectivity index (χ2v) is 6.75. The highest BCUT2D eigenvalue weighted by Crippen LogP contribution is 2.37. The first-order chi connectivity index (χ1) is 9.72. The maximum atomic E-state index is 11.8. The summed E-state index contributed by atoms with van der Waals surface area (Å²) in [6.07, 6.45) is 2.49. The molecule has 4 nitrogen and oxygen atoms in total. The summed E-state index contributed by atoms with van der Waals surface area (Å²) in [5, 5.41) is -0.231. The summed E-state index contributed by atoms with van der Waals surface area (Å²) >= 11 is 2.64. The second kappa shape index (κ2) is 5.85. The van der Waals surface area contributed by atoms with E-state index in [1.807, 2.05) is 36.4 Å². The van der Waals surface area contributed by atoms with Gasteiger partial charge in [0.25, 0.3) is 5.91 Å². The minimum Gasteiger partial charge on any atom is -0.465 e. The van der Waals surface area contributed by atoms with Gasteiger partial charge in [-0.3, -0.25) is 9.59 Å². The third kappa shape index (κ3) is 2.96. The Bertz CT molecular complexity index is 610. The molecule has 0 aliphatic carbocycles. The first-order valence-electron chi connectivity index (χ1n) is 6.13. The van der Waals surface area contributed by atoms with Crippen LogP contribution in [0.25, 0.3) is 6.08 Å². The third-order valence-electron chi connectivity index (χ3n) is 2.83. The van der Waals surface area contributed by atoms with E-state index in [2.05, 4.69) is 4.99 Å². The number of rotatable bonds is 2. The lowest BCUT2D eigenvalue weighted by Gasteiger charge is -2.02. The number of carbonyl (C=O) groups excluding carboxylic acids is 2. The molecule has 0 aromatic heterocycles. The third-order valence-corrected chi connectivity index (χ3v) is 5.15. The molecule has 1 unspecified atom stereocenters. The van der Waals surface area contributed by atoms with Crippen LogP contribution in [0.1, 0.15) is 12.0 Å². The largest absolute Gasteiger partial charge is 0.465 e. The Hall–Kier alpha value is -1.53. The molecule has 0 bridgehead atoms. The molecule has 0 radical (unpaired) electrons. The van der Waals surface area contributed by atoms with Gasteiger partial charge in [-0.15, -0.1) is 0 Å². The molecule has 0 N–H and O–H groups in total. The first-order valence-corrected chi connectivity index (χ1v) is 7.83. The van der Waals surface area contributed by atoms with Crippen LogP contribution in [0.4, 0.5) is 0 Å². The number of aliphatic imine (C=N–C) groups is 1. The number of cyclic esters (lactones) is 1. The molecular weight excluding hydrogens is 294 g/mol. The van der Waals surface area contributed by atoms with Gasteiger partial charge in [0.2, 0.25) is 0 Å². The summed E-state index contributed by atoms with van der Waals surface area (Å²) in [5.74, 6) is -0.459. The molecule has 20 heavy (non-hydrogen) atoms. The van der Waals surface area contributed by atoms with Crippen LogP contribution in [-0.4, -0.2) is 28.1 Å². The van der Waals surface area contributed by atoms with Gasteiger partial charge >= 0.3 is 5.97 Å². The number of nitrogens with zero attached hydrogens (tertiary/aromatic N) is 1. The Morgan fingerprint density at radius 2 is 2.10 bits per heavy atom. The lowest BCUT2D eigenvalue weighted by Crippen LogP contribution is -2.10. The Balaban J connectivity index is 1.69. The lowest BCUT2D eigenvalue weighted by molar-refractivity contribution is -0.137. The molecule has 1 aromatic carbocycles. The molecule has 1 atom stereocenters. The van der Waals surface area contributed by atoms with E-state index in [1.54, 1.807) is 0 Å². The molecule has 2 heterocycles. The van der Waals surface area contributed by atoms with Crippen molar-refractivity contribution in [3.63, 3.8) is 0 Å². The highest BCUT2D eigenvalue weighted by Gasteiger charge is 2.32. The molecule has 2 aliphatic heterocycles. The van der Waals surface area contributed by atoms with E-state index in [4.69, 9.17) is 4.74 Å². The highest BCUT2D eigenvalue weighted by atomic mass is 32.2. The van der Waals surface area contributed by atoms with Crippen LogP contribution in [0, 0.1) is 0 Å². The summed E-state index contributed by atoms with van der Waals surface area (Å²) in [7, 11) is 0. The fraction of sp³-hybridized carbons (Fsp3) is 0.214. The molecule has 102 valence electrons. The lowest BCUT2D eigenvalue weighted by atomic mass is 10.2. The summed E-state index contributed by atoms with van der Waals surface area (Å²) in [6, 6.07) is 9.62. The fourth-order valence-electron chi connectivity index (χ4n) is 1.85. The molecule has 1 aromatic rings. The van der Waals surface area contributed by atoms with Gasteiger partial charge in [0, 0.05) is 6.42 Å². The number of hydrogen-bond donors (Lipinski definition) is 0. The molecule has 3 rings (SSSR count). The summed E-state index contributed by atoms with van der Waals surface area (Å²) in [5.41, 5.74) is 0.963. The molecule has 2 aliphatic rings. The van der Waals surface area contributed by atoms with E-state index in [-0.39, 0.29) is 17.1 Å². The maximum Gasteiger partial charge on any atom is 0.319 e. The van der Waals surface area contributed by atoms with Crippen molar-refractivity contribution in [3.05, 3.63) is 40.8 Å². The molecule has 6 heteroatoms. The number of hydrogen-bond acceptors (Lipinski definition) is 5. The number of ether oxygens (including phenoxy) is 1. The molecule has 1 amide bonds. The zero-order chi connectivity index (χ0) is 13.9. The molecular formula is C14H11NO3S2. The average Bonchev–Trinajstić information content (AvgIpc) is 2.99. The minimum absolute atomic E-state index is 0.216. The van der Waals surface area contributed by atoms with Crippen molar-refractivity contribution < 1.29 is 14.3 Å². The quantitative estimate of drug-likeness (QED) is 0.621. The van der Waals surface area contributed by atoms with Crippen LogP contribution < -0.4 is 0 Å². The smallest absolute Gasteiger partial charge is 0.319 e. The van der Waals surface area contributed by atoms with E-state index in [0.29, 0.717) is 22.3 Å². The Morgan fingerprint density at radius 3 is 2.80 bits per heavy atom. The number of amides is 1. The van der Waals surface area contributed by atoms with Crippen LogP contribution in [-0.2, 0) is 14.3 Å². The molecule has 0 spiro atoms. The SMILES string of the molecule is O=C1N=C(SC2CCOC2=O)SC1=Cc1ccccc1. The highest BCUT2D eigenvalue weighted by molar-refractivity contribution is 8.41. The number of thioether (sulfide) groups is 2. The zero-order valence-electron chi connectivity index (χ0n) is 10.4. The van der Waals surface area contributed by atoms with E-state index >= 15 is 0 Å². The van der Waals surface area contributed by atoms with E-state index < -0.39 is 0 Å². The van der Waals surface area contributed by atoms with Gasteiger partial charge in [0.05, 0.1) is 11.5 Å². The number of esters is 1. The van der Waals surface area contributed by atoms with Crippen LogP contribution in [0.5, 0.6) is 0 Å². The summed E-state index contributed by atoms with van der Waals surface area (Å²) in [4.78, 5) is 27.8. The van der Waals surface area contributed by atoms with Crippen LogP contribution >= 0.6 is 23.5 Å². The van der Waals surface area contributed by atoms with Gasteiger partial charge in [0.1, 0.15) is 9.63 Å². The van der Waals surface area contributed by atoms with Crippen molar-refractivity contribution in [3.8, 4) is 0 Å². The van der Waals surface area contributed by atoms with Gasteiger partial charge in [-0.1, -0.05) is 53.9 Å². The minimum atomic E-state index is -0.243. The summed E-state index contributed by atoms with van der Waals surface area (Å²) < 4.78 is 5.53. The van der Waals surface area contributed by atoms with Crippen molar-refractivity contribution in [1.82, 2.24) is 0 Å². The zero-order valence-corrected chi connectivity index (χ0v) is 12.1. The molecule has 1 saturated heterocycles. The van der Waals surface area contributed by atoms with Crippen LogP contribution in [0.3, 0.4) is 0 Å². The van der Waals surface area contributed by atoms with E-state index in [9.17, 15) is 9.59 Å². The standard InChI is InChI=1S/C14H11NO3S2/c16-12-11(8-9-4-2-1-3-5-9)20-14(15-12)19-10-6-7-18-13(10)17/h1-5,8,10H,6-7H2. The molecule has 1 fully saturated rings. The fourth-order valence-corrected chi connectivity index (χ4v) is 4.06. The Morgan fingerprint density at radius 1 is 1.30 bits per heavy atom. The van der Waals surface area contributed by atoms with Gasteiger partial charge in [-0.2, -0.15) is 4.99 Å². The Labute approximate surface area is 124 Å². The Kier molecular flexibility index (Phi) is 3.93. The van der Waals surface area contributed by atoms with E-state index in [0.717, 1.165) is 5.56 Å². The number of benzene rings is 1. The van der Waals surface area contributed by atoms with Crippen molar-refractivity contribution >= 4 is 45.9 Å². The van der Waals surface area contributed by atoms with Gasteiger partial charge in [-0.05, 0) is 11.6 Å². The van der Waals surface area contributed by atoms with Crippen LogP contribution in [0.15, 0.2) is 40.2 Å². The van der Waals surface area contributed by atoms with Crippen molar-refractivity contribution in [2.45, 2.75) is 11.7 Å². The maximum absolute atomic E-state index is 11.8. The molecule has 0 saturated carbocycles. The predicted molar refractivity (Wildman–Crippen MR) is 81.4 cm³/mol. The number of carbonyl (C=O) groups is 2. The second-order valence-electron chi connectivity index (χ2n) is 4.27. The average molecular weight is 305 g/mol. The van der Waals surface area contributed by atoms with Gasteiger partial charge in [0.15, 0.2) is 0 Å². The van der Waals surface area contributed by atoms with Crippen molar-refractivity contribution in [2.24, 2.45) is 4.99 Å². The summed E-state index contributed by atoms with van der Waals surface area (Å²) in [6.45, 7) is 0.453. The monoisotopic (exact) mass is 305 g/mol. The first kappa shape index (κ1) is 13.5. The van der Waals surface area contributed by atoms with Crippen LogP contribution in [0.2, 0.25) is 0 Å². The van der Waals surface area contributed by atoms with Gasteiger partial charge < -0.3 is 4.74 Å². The normalized spacial score (nSPS) is 24.1.